The zero-order valence-corrected chi connectivity index (χ0v) is 57.6. The zero-order valence-electron chi connectivity index (χ0n) is 57.6. The van der Waals surface area contributed by atoms with E-state index in [9.17, 15) is 19.8 Å². The minimum atomic E-state index is -0.839. The number of rotatable bonds is 73. The Morgan fingerprint density at radius 2 is 0.553 bits per heavy atom. The minimum absolute atomic E-state index is 0.0224. The molecule has 0 bridgehead atoms. The van der Waals surface area contributed by atoms with Crippen molar-refractivity contribution in [1.29, 1.82) is 0 Å². The Kier molecular flexibility index (Phi) is 72.9. The van der Waals surface area contributed by atoms with Crippen LogP contribution in [0.15, 0.2) is 36.5 Å². The number of aliphatic hydroxyl groups is 2. The van der Waals surface area contributed by atoms with Crippen molar-refractivity contribution < 1.29 is 24.5 Å². The van der Waals surface area contributed by atoms with Gasteiger partial charge >= 0.3 is 5.97 Å². The van der Waals surface area contributed by atoms with Crippen molar-refractivity contribution >= 4 is 11.9 Å². The van der Waals surface area contributed by atoms with Crippen LogP contribution in [0.2, 0.25) is 0 Å². The number of hydrogen-bond donors (Lipinski definition) is 3. The van der Waals surface area contributed by atoms with Gasteiger partial charge in [-0.1, -0.05) is 371 Å². The largest absolute Gasteiger partial charge is 0.466 e. The van der Waals surface area contributed by atoms with Crippen molar-refractivity contribution in [2.24, 2.45) is 0 Å². The van der Waals surface area contributed by atoms with Crippen molar-refractivity contribution in [3.63, 3.8) is 0 Å². The maximum absolute atomic E-state index is 12.4. The first-order valence-electron chi connectivity index (χ1n) is 38.8. The third kappa shape index (κ3) is 71.0. The highest BCUT2D eigenvalue weighted by Crippen LogP contribution is 2.19. The summed E-state index contributed by atoms with van der Waals surface area (Å²) in [5.41, 5.74) is 0. The van der Waals surface area contributed by atoms with Gasteiger partial charge in [0.25, 0.3) is 0 Å². The fraction of sp³-hybridized carbons (Fsp3) is 0.899. The van der Waals surface area contributed by atoms with E-state index in [-0.39, 0.29) is 18.5 Å². The van der Waals surface area contributed by atoms with Crippen molar-refractivity contribution in [1.82, 2.24) is 5.32 Å². The van der Waals surface area contributed by atoms with Crippen LogP contribution >= 0.6 is 0 Å². The lowest BCUT2D eigenvalue weighted by Gasteiger charge is -2.20. The minimum Gasteiger partial charge on any atom is -0.466 e. The molecule has 0 radical (unpaired) electrons. The SMILES string of the molecule is CCCCCCCC/C=C\CCCCCCCCCCCC(=O)OCCCCCCCCCCCCCCCCCCCC/C=C\CCCCCCCCCCCCCCCCCCCC(=O)NC(CO)C(O)/C=C/CCCCCCCCCC. The number of allylic oxidation sites excluding steroid dienone is 5. The van der Waals surface area contributed by atoms with Gasteiger partial charge in [0.2, 0.25) is 5.91 Å². The van der Waals surface area contributed by atoms with Gasteiger partial charge in [-0.05, 0) is 83.5 Å². The van der Waals surface area contributed by atoms with Crippen LogP contribution in [-0.4, -0.2) is 47.4 Å². The summed E-state index contributed by atoms with van der Waals surface area (Å²) >= 11 is 0. The molecule has 0 aromatic carbocycles. The zero-order chi connectivity index (χ0) is 61.3. The van der Waals surface area contributed by atoms with Crippen LogP contribution in [-0.2, 0) is 14.3 Å². The molecule has 0 spiro atoms. The molecule has 0 aromatic rings. The molecule has 0 heterocycles. The smallest absolute Gasteiger partial charge is 0.305 e. The normalized spacial score (nSPS) is 12.7. The van der Waals surface area contributed by atoms with Gasteiger partial charge in [0.05, 0.1) is 25.4 Å². The summed E-state index contributed by atoms with van der Waals surface area (Å²) in [6.45, 7) is 4.91. The van der Waals surface area contributed by atoms with E-state index in [4.69, 9.17) is 4.74 Å². The second-order valence-electron chi connectivity index (χ2n) is 26.7. The molecule has 2 atom stereocenters. The van der Waals surface area contributed by atoms with E-state index >= 15 is 0 Å². The molecule has 3 N–H and O–H groups in total. The van der Waals surface area contributed by atoms with Crippen LogP contribution in [0.4, 0.5) is 0 Å². The van der Waals surface area contributed by atoms with Gasteiger partial charge in [0.15, 0.2) is 0 Å². The van der Waals surface area contributed by atoms with Gasteiger partial charge in [-0.25, -0.2) is 0 Å². The molecule has 0 aliphatic carbocycles. The van der Waals surface area contributed by atoms with Crippen molar-refractivity contribution in [3.8, 4) is 0 Å². The van der Waals surface area contributed by atoms with Crippen LogP contribution in [0.3, 0.4) is 0 Å². The summed E-state index contributed by atoms with van der Waals surface area (Å²) in [5, 5.41) is 23.0. The van der Waals surface area contributed by atoms with E-state index in [1.54, 1.807) is 6.08 Å². The van der Waals surface area contributed by atoms with Crippen molar-refractivity contribution in [3.05, 3.63) is 36.5 Å². The number of esters is 1. The number of nitrogens with one attached hydrogen (secondary N) is 1. The molecule has 0 aliphatic heterocycles. The van der Waals surface area contributed by atoms with Crippen LogP contribution in [0, 0.1) is 0 Å². The number of unbranched alkanes of at least 4 members (excludes halogenated alkanes) is 58. The Hall–Kier alpha value is -1.92. The molecule has 6 heteroatoms. The third-order valence-electron chi connectivity index (χ3n) is 18.1. The maximum atomic E-state index is 12.4. The molecule has 502 valence electrons. The number of ether oxygens (including phenoxy) is 1. The molecule has 0 rings (SSSR count). The quantitative estimate of drug-likeness (QED) is 0.0320. The Labute approximate surface area is 532 Å². The monoisotopic (exact) mass is 1190 g/mol. The summed E-state index contributed by atoms with van der Waals surface area (Å²) in [7, 11) is 0. The van der Waals surface area contributed by atoms with Gasteiger partial charge < -0.3 is 20.3 Å². The molecule has 6 nitrogen and oxygen atoms in total. The van der Waals surface area contributed by atoms with Crippen LogP contribution < -0.4 is 5.32 Å². The van der Waals surface area contributed by atoms with Crippen molar-refractivity contribution in [2.45, 2.75) is 443 Å². The first-order chi connectivity index (χ1) is 42.0. The Morgan fingerprint density at radius 3 is 0.835 bits per heavy atom. The van der Waals surface area contributed by atoms with E-state index in [0.717, 1.165) is 38.5 Å². The molecule has 0 aliphatic rings. The highest BCUT2D eigenvalue weighted by molar-refractivity contribution is 5.76. The molecule has 0 fully saturated rings. The number of carbonyl (C=O) groups is 2. The first-order valence-corrected chi connectivity index (χ1v) is 38.8. The lowest BCUT2D eigenvalue weighted by Crippen LogP contribution is -2.45. The van der Waals surface area contributed by atoms with Gasteiger partial charge in [0, 0.05) is 12.8 Å². The maximum Gasteiger partial charge on any atom is 0.305 e. The van der Waals surface area contributed by atoms with Gasteiger partial charge in [-0.15, -0.1) is 0 Å². The molecule has 0 saturated heterocycles. The van der Waals surface area contributed by atoms with Crippen LogP contribution in [0.1, 0.15) is 431 Å². The summed E-state index contributed by atoms with van der Waals surface area (Å²) in [6.07, 6.45) is 97.1. The summed E-state index contributed by atoms with van der Waals surface area (Å²) in [4.78, 5) is 24.6. The van der Waals surface area contributed by atoms with Gasteiger partial charge in [-0.3, -0.25) is 9.59 Å². The van der Waals surface area contributed by atoms with Gasteiger partial charge in [-0.2, -0.15) is 0 Å². The van der Waals surface area contributed by atoms with E-state index in [1.807, 2.05) is 6.08 Å². The first kappa shape index (κ1) is 83.1. The average molecular weight is 1200 g/mol. The topological polar surface area (TPSA) is 95.9 Å². The predicted octanol–water partition coefficient (Wildman–Crippen LogP) is 25.4. The van der Waals surface area contributed by atoms with E-state index < -0.39 is 12.1 Å². The third-order valence-corrected chi connectivity index (χ3v) is 18.1. The Bertz CT molecular complexity index is 1380. The van der Waals surface area contributed by atoms with Crippen molar-refractivity contribution in [2.75, 3.05) is 13.2 Å². The molecule has 2 unspecified atom stereocenters. The second kappa shape index (κ2) is 74.5. The Morgan fingerprint density at radius 1 is 0.318 bits per heavy atom. The highest BCUT2D eigenvalue weighted by Gasteiger charge is 2.18. The predicted molar refractivity (Wildman–Crippen MR) is 375 cm³/mol. The lowest BCUT2D eigenvalue weighted by atomic mass is 10.0. The molecule has 0 aromatic heterocycles. The molecular formula is C79H151NO5. The summed E-state index contributed by atoms with van der Waals surface area (Å²) in [5.74, 6) is -0.0415. The second-order valence-corrected chi connectivity index (χ2v) is 26.7. The fourth-order valence-electron chi connectivity index (χ4n) is 12.2. The molecule has 0 saturated carbocycles. The summed E-state index contributed by atoms with van der Waals surface area (Å²) < 4.78 is 5.52. The molecule has 85 heavy (non-hydrogen) atoms. The van der Waals surface area contributed by atoms with E-state index in [0.29, 0.717) is 19.4 Å². The number of hydrogen-bond acceptors (Lipinski definition) is 5. The van der Waals surface area contributed by atoms with Gasteiger partial charge in [0.1, 0.15) is 0 Å². The Balaban J connectivity index is 3.29. The number of amides is 1. The highest BCUT2D eigenvalue weighted by atomic mass is 16.5. The lowest BCUT2D eigenvalue weighted by molar-refractivity contribution is -0.143. The molecular weight excluding hydrogens is 1040 g/mol. The standard InChI is InChI=1S/C79H151NO5/c1-3-5-7-9-11-13-15-16-17-18-40-44-47-50-53-57-61-65-69-73-79(84)85-74-70-66-62-58-54-51-48-45-42-39-37-35-33-31-29-27-25-23-21-19-20-22-24-26-28-30-32-34-36-38-41-43-46-49-52-56-60-64-68-72-78(83)80-76(75-81)77(82)71-67-63-59-55-14-12-10-8-6-4-2/h16-17,19-20,67,71,76-77,81-82H,3-15,18,21-66,68-70,72-75H2,1-2H3,(H,80,83)/b17-16-,20-19-,71-67+. The summed E-state index contributed by atoms with van der Waals surface area (Å²) in [6, 6.07) is -0.623. The number of carbonyl (C=O) groups excluding carboxylic acids is 2. The van der Waals surface area contributed by atoms with E-state index in [1.165, 1.54) is 366 Å². The average Bonchev–Trinajstić information content (AvgIpc) is 3.51. The van der Waals surface area contributed by atoms with E-state index in [2.05, 4.69) is 43.5 Å². The fourth-order valence-corrected chi connectivity index (χ4v) is 12.2. The van der Waals surface area contributed by atoms with Crippen LogP contribution in [0.5, 0.6) is 0 Å². The van der Waals surface area contributed by atoms with Crippen LogP contribution in [0.25, 0.3) is 0 Å². The molecule has 1 amide bonds. The number of aliphatic hydroxyl groups excluding tert-OH is 2.